The van der Waals surface area contributed by atoms with Crippen LogP contribution in [0.3, 0.4) is 0 Å². The second kappa shape index (κ2) is 8.29. The lowest BCUT2D eigenvalue weighted by atomic mass is 9.99. The molecule has 1 aromatic carbocycles. The first-order valence-electron chi connectivity index (χ1n) is 8.76. The molecule has 0 unspecified atom stereocenters. The zero-order valence-electron chi connectivity index (χ0n) is 15.2. The van der Waals surface area contributed by atoms with E-state index in [1.54, 1.807) is 0 Å². The SMILES string of the molecule is Cc1cccc(C)c1NC(=O)CNC(=O)[C@@H](C)N1CCC[C@@H](C)C1. The van der Waals surface area contributed by atoms with Crippen LogP contribution in [-0.2, 0) is 9.59 Å². The van der Waals surface area contributed by atoms with Gasteiger partial charge in [-0.2, -0.15) is 0 Å². The van der Waals surface area contributed by atoms with E-state index in [0.717, 1.165) is 36.3 Å². The van der Waals surface area contributed by atoms with Crippen LogP contribution in [0.5, 0.6) is 0 Å². The van der Waals surface area contributed by atoms with Gasteiger partial charge >= 0.3 is 0 Å². The zero-order valence-corrected chi connectivity index (χ0v) is 15.2. The summed E-state index contributed by atoms with van der Waals surface area (Å²) >= 11 is 0. The van der Waals surface area contributed by atoms with Gasteiger partial charge in [-0.15, -0.1) is 0 Å². The Labute approximate surface area is 144 Å². The highest BCUT2D eigenvalue weighted by Gasteiger charge is 2.25. The van der Waals surface area contributed by atoms with Gasteiger partial charge in [0.2, 0.25) is 11.8 Å². The van der Waals surface area contributed by atoms with Gasteiger partial charge in [0, 0.05) is 12.2 Å². The van der Waals surface area contributed by atoms with Gasteiger partial charge in [0.25, 0.3) is 0 Å². The minimum absolute atomic E-state index is 0.000338. The fourth-order valence-corrected chi connectivity index (χ4v) is 3.25. The molecule has 0 bridgehead atoms. The molecule has 1 aliphatic rings. The molecule has 1 saturated heterocycles. The van der Waals surface area contributed by atoms with Gasteiger partial charge in [-0.25, -0.2) is 0 Å². The lowest BCUT2D eigenvalue weighted by molar-refractivity contribution is -0.128. The Bertz CT molecular complexity index is 580. The zero-order chi connectivity index (χ0) is 17.7. The Balaban J connectivity index is 1.83. The Morgan fingerprint density at radius 1 is 1.29 bits per heavy atom. The molecular weight excluding hydrogens is 302 g/mol. The van der Waals surface area contributed by atoms with Crippen molar-refractivity contribution in [3.63, 3.8) is 0 Å². The third-order valence-electron chi connectivity index (χ3n) is 4.78. The fraction of sp³-hybridized carbons (Fsp3) is 0.579. The summed E-state index contributed by atoms with van der Waals surface area (Å²) in [6.45, 7) is 9.95. The van der Waals surface area contributed by atoms with Gasteiger partial charge in [0.15, 0.2) is 0 Å². The number of para-hydroxylation sites is 1. The average molecular weight is 331 g/mol. The molecule has 5 nitrogen and oxygen atoms in total. The van der Waals surface area contributed by atoms with Crippen LogP contribution in [0.15, 0.2) is 18.2 Å². The molecule has 1 fully saturated rings. The van der Waals surface area contributed by atoms with E-state index in [1.165, 1.54) is 6.42 Å². The summed E-state index contributed by atoms with van der Waals surface area (Å²) in [5.41, 5.74) is 2.87. The van der Waals surface area contributed by atoms with Crippen molar-refractivity contribution in [2.24, 2.45) is 5.92 Å². The maximum Gasteiger partial charge on any atom is 0.243 e. The lowest BCUT2D eigenvalue weighted by Gasteiger charge is -2.34. The molecule has 2 atom stereocenters. The van der Waals surface area contributed by atoms with Crippen LogP contribution < -0.4 is 10.6 Å². The van der Waals surface area contributed by atoms with Gasteiger partial charge in [0.1, 0.15) is 0 Å². The second-order valence-electron chi connectivity index (χ2n) is 6.95. The van der Waals surface area contributed by atoms with E-state index < -0.39 is 0 Å². The van der Waals surface area contributed by atoms with Crippen molar-refractivity contribution < 1.29 is 9.59 Å². The van der Waals surface area contributed by atoms with Crippen LogP contribution in [0.2, 0.25) is 0 Å². The van der Waals surface area contributed by atoms with Gasteiger partial charge in [0.05, 0.1) is 12.6 Å². The van der Waals surface area contributed by atoms with Crippen LogP contribution in [-0.4, -0.2) is 42.4 Å². The first kappa shape index (κ1) is 18.5. The van der Waals surface area contributed by atoms with Crippen LogP contribution >= 0.6 is 0 Å². The molecule has 1 aromatic rings. The molecule has 1 aliphatic heterocycles. The number of amides is 2. The van der Waals surface area contributed by atoms with E-state index in [2.05, 4.69) is 22.5 Å². The smallest absolute Gasteiger partial charge is 0.243 e. The van der Waals surface area contributed by atoms with E-state index >= 15 is 0 Å². The number of hydrogen-bond donors (Lipinski definition) is 2. The number of aryl methyl sites for hydroxylation is 2. The van der Waals surface area contributed by atoms with Crippen molar-refractivity contribution in [2.45, 2.75) is 46.6 Å². The van der Waals surface area contributed by atoms with Crippen molar-refractivity contribution in [1.29, 1.82) is 0 Å². The molecule has 132 valence electrons. The number of anilines is 1. The summed E-state index contributed by atoms with van der Waals surface area (Å²) in [5.74, 6) is 0.349. The largest absolute Gasteiger partial charge is 0.346 e. The van der Waals surface area contributed by atoms with E-state index in [1.807, 2.05) is 39.0 Å². The monoisotopic (exact) mass is 331 g/mol. The average Bonchev–Trinajstić information content (AvgIpc) is 2.55. The Morgan fingerprint density at radius 2 is 1.96 bits per heavy atom. The van der Waals surface area contributed by atoms with E-state index in [-0.39, 0.29) is 24.4 Å². The highest BCUT2D eigenvalue weighted by Crippen LogP contribution is 2.19. The van der Waals surface area contributed by atoms with Crippen molar-refractivity contribution in [1.82, 2.24) is 10.2 Å². The highest BCUT2D eigenvalue weighted by molar-refractivity contribution is 5.96. The number of carbonyl (C=O) groups is 2. The predicted molar refractivity (Wildman–Crippen MR) is 97.0 cm³/mol. The Kier molecular flexibility index (Phi) is 6.37. The molecule has 2 N–H and O–H groups in total. The van der Waals surface area contributed by atoms with Gasteiger partial charge < -0.3 is 10.6 Å². The first-order chi connectivity index (χ1) is 11.4. The number of benzene rings is 1. The maximum absolute atomic E-state index is 12.3. The minimum Gasteiger partial charge on any atom is -0.346 e. The number of carbonyl (C=O) groups excluding carboxylic acids is 2. The summed E-state index contributed by atoms with van der Waals surface area (Å²) in [7, 11) is 0. The second-order valence-corrected chi connectivity index (χ2v) is 6.95. The summed E-state index contributed by atoms with van der Waals surface area (Å²) in [6.07, 6.45) is 2.36. The van der Waals surface area contributed by atoms with Gasteiger partial charge in [-0.1, -0.05) is 25.1 Å². The molecule has 2 amide bonds. The number of nitrogens with zero attached hydrogens (tertiary/aromatic N) is 1. The molecular formula is C19H29N3O2. The van der Waals surface area contributed by atoms with E-state index in [9.17, 15) is 9.59 Å². The number of likely N-dealkylation sites (tertiary alicyclic amines) is 1. The number of hydrogen-bond acceptors (Lipinski definition) is 3. The predicted octanol–water partition coefficient (Wildman–Crippen LogP) is 2.48. The first-order valence-corrected chi connectivity index (χ1v) is 8.76. The number of nitrogens with one attached hydrogen (secondary N) is 2. The van der Waals surface area contributed by atoms with Crippen molar-refractivity contribution in [2.75, 3.05) is 25.0 Å². The Morgan fingerprint density at radius 3 is 2.58 bits per heavy atom. The van der Waals surface area contributed by atoms with Crippen molar-refractivity contribution in [3.05, 3.63) is 29.3 Å². The van der Waals surface area contributed by atoms with Crippen LogP contribution in [0, 0.1) is 19.8 Å². The third-order valence-corrected chi connectivity index (χ3v) is 4.78. The van der Waals surface area contributed by atoms with Crippen LogP contribution in [0.25, 0.3) is 0 Å². The minimum atomic E-state index is -0.194. The standard InChI is InChI=1S/C19H29N3O2/c1-13-7-6-10-22(12-13)16(4)19(24)20-11-17(23)21-18-14(2)8-5-9-15(18)3/h5,8-9,13,16H,6-7,10-12H2,1-4H3,(H,20,24)(H,21,23)/t13-,16-/m1/s1. The normalized spacial score (nSPS) is 19.6. The summed E-state index contributed by atoms with van der Waals surface area (Å²) in [6, 6.07) is 5.69. The lowest BCUT2D eigenvalue weighted by Crippen LogP contribution is -2.49. The van der Waals surface area contributed by atoms with Crippen LogP contribution in [0.4, 0.5) is 5.69 Å². The Hall–Kier alpha value is -1.88. The molecule has 0 spiro atoms. The maximum atomic E-state index is 12.3. The summed E-state index contributed by atoms with van der Waals surface area (Å²) in [4.78, 5) is 26.6. The molecule has 0 aliphatic carbocycles. The fourth-order valence-electron chi connectivity index (χ4n) is 3.25. The van der Waals surface area contributed by atoms with Crippen molar-refractivity contribution >= 4 is 17.5 Å². The molecule has 24 heavy (non-hydrogen) atoms. The molecule has 1 heterocycles. The van der Waals surface area contributed by atoms with E-state index in [0.29, 0.717) is 5.92 Å². The third kappa shape index (κ3) is 4.81. The number of rotatable bonds is 5. The summed E-state index contributed by atoms with van der Waals surface area (Å²) < 4.78 is 0. The highest BCUT2D eigenvalue weighted by atomic mass is 16.2. The van der Waals surface area contributed by atoms with Crippen LogP contribution in [0.1, 0.15) is 37.8 Å². The molecule has 0 saturated carbocycles. The molecule has 2 rings (SSSR count). The molecule has 5 heteroatoms. The summed E-state index contributed by atoms with van der Waals surface area (Å²) in [5, 5.41) is 5.65. The van der Waals surface area contributed by atoms with Crippen molar-refractivity contribution in [3.8, 4) is 0 Å². The van der Waals surface area contributed by atoms with Gasteiger partial charge in [-0.3, -0.25) is 14.5 Å². The molecule has 0 radical (unpaired) electrons. The van der Waals surface area contributed by atoms with Gasteiger partial charge in [-0.05, 0) is 57.2 Å². The van der Waals surface area contributed by atoms with E-state index in [4.69, 9.17) is 0 Å². The topological polar surface area (TPSA) is 61.4 Å². The molecule has 0 aromatic heterocycles. The number of piperidine rings is 1. The quantitative estimate of drug-likeness (QED) is 0.871.